The fraction of sp³-hybridized carbons (Fsp3) is 0.500. The molecule has 0 radical (unpaired) electrons. The number of nitrogens with zero attached hydrogens (tertiary/aromatic N) is 2. The first-order valence-electron chi connectivity index (χ1n) is 6.42. The molecule has 0 aliphatic carbocycles. The predicted molar refractivity (Wildman–Crippen MR) is 83.4 cm³/mol. The molecule has 0 unspecified atom stereocenters. The summed E-state index contributed by atoms with van der Waals surface area (Å²) < 4.78 is 2.70. The lowest BCUT2D eigenvalue weighted by Crippen LogP contribution is -2.58. The van der Waals surface area contributed by atoms with Gasteiger partial charge in [0.15, 0.2) is 0 Å². The van der Waals surface area contributed by atoms with Crippen LogP contribution >= 0.6 is 0 Å². The van der Waals surface area contributed by atoms with Gasteiger partial charge in [-0.25, -0.2) is 0 Å². The van der Waals surface area contributed by atoms with Crippen LogP contribution in [0.25, 0.3) is 0 Å². The van der Waals surface area contributed by atoms with Crippen molar-refractivity contribution in [2.75, 3.05) is 0 Å². The SMILES string of the molecule is C[Si](C)(C)N(Cc1ccccc1C#N)[Si](C)(C)C. The normalized spacial score (nSPS) is 12.6. The molecule has 1 rings (SSSR count). The monoisotopic (exact) mass is 276 g/mol. The molecule has 0 N–H and O–H groups in total. The summed E-state index contributed by atoms with van der Waals surface area (Å²) in [6, 6.07) is 10.3. The van der Waals surface area contributed by atoms with Crippen LogP contribution in [0, 0.1) is 11.3 Å². The molecule has 2 nitrogen and oxygen atoms in total. The van der Waals surface area contributed by atoms with Crippen LogP contribution in [-0.4, -0.2) is 20.7 Å². The molecular weight excluding hydrogens is 252 g/mol. The highest BCUT2D eigenvalue weighted by molar-refractivity contribution is 6.89. The van der Waals surface area contributed by atoms with Crippen molar-refractivity contribution in [3.8, 4) is 6.07 Å². The molecule has 0 saturated heterocycles. The topological polar surface area (TPSA) is 27.0 Å². The van der Waals surface area contributed by atoms with Gasteiger partial charge >= 0.3 is 0 Å². The van der Waals surface area contributed by atoms with Gasteiger partial charge in [0.1, 0.15) is 16.5 Å². The molecule has 0 spiro atoms. The summed E-state index contributed by atoms with van der Waals surface area (Å²) in [6.45, 7) is 15.3. The Morgan fingerprint density at radius 1 is 1.00 bits per heavy atom. The second-order valence-corrected chi connectivity index (χ2v) is 16.9. The highest BCUT2D eigenvalue weighted by atomic mass is 28.4. The van der Waals surface area contributed by atoms with Gasteiger partial charge in [-0.05, 0) is 11.6 Å². The number of hydrogen-bond acceptors (Lipinski definition) is 2. The van der Waals surface area contributed by atoms with Gasteiger partial charge in [-0.1, -0.05) is 57.5 Å². The van der Waals surface area contributed by atoms with E-state index >= 15 is 0 Å². The second-order valence-electron chi connectivity index (χ2n) is 6.70. The quantitative estimate of drug-likeness (QED) is 0.776. The summed E-state index contributed by atoms with van der Waals surface area (Å²) in [6.07, 6.45) is 0. The maximum absolute atomic E-state index is 9.19. The first-order valence-corrected chi connectivity index (χ1v) is 13.3. The smallest absolute Gasteiger partial charge is 0.112 e. The molecule has 0 bridgehead atoms. The summed E-state index contributed by atoms with van der Waals surface area (Å²) in [5, 5.41) is 9.19. The molecule has 0 saturated carbocycles. The predicted octanol–water partition coefficient (Wildman–Crippen LogP) is 4.03. The highest BCUT2D eigenvalue weighted by Crippen LogP contribution is 2.23. The van der Waals surface area contributed by atoms with E-state index in [-0.39, 0.29) is 0 Å². The average molecular weight is 277 g/mol. The van der Waals surface area contributed by atoms with Crippen LogP contribution in [0.4, 0.5) is 0 Å². The number of nitriles is 1. The van der Waals surface area contributed by atoms with Crippen molar-refractivity contribution >= 4 is 16.5 Å². The van der Waals surface area contributed by atoms with E-state index in [1.165, 1.54) is 5.56 Å². The van der Waals surface area contributed by atoms with Crippen LogP contribution in [0.5, 0.6) is 0 Å². The van der Waals surface area contributed by atoms with Crippen LogP contribution in [0.3, 0.4) is 0 Å². The van der Waals surface area contributed by atoms with E-state index in [1.54, 1.807) is 0 Å². The Morgan fingerprint density at radius 3 is 1.94 bits per heavy atom. The molecule has 4 heteroatoms. The Kier molecular flexibility index (Phi) is 4.54. The van der Waals surface area contributed by atoms with Gasteiger partial charge in [0.25, 0.3) is 0 Å². The third kappa shape index (κ3) is 3.80. The van der Waals surface area contributed by atoms with Crippen LogP contribution in [-0.2, 0) is 6.54 Å². The summed E-state index contributed by atoms with van der Waals surface area (Å²) in [5.41, 5.74) is 1.99. The largest absolute Gasteiger partial charge is 0.342 e. The van der Waals surface area contributed by atoms with Gasteiger partial charge < -0.3 is 4.23 Å². The van der Waals surface area contributed by atoms with Gasteiger partial charge in [0, 0.05) is 6.54 Å². The molecule has 0 aliphatic heterocycles. The Bertz CT molecular complexity index is 436. The van der Waals surface area contributed by atoms with Gasteiger partial charge in [0.2, 0.25) is 0 Å². The van der Waals surface area contributed by atoms with Crippen molar-refractivity contribution in [2.45, 2.75) is 45.8 Å². The Morgan fingerprint density at radius 2 is 1.50 bits per heavy atom. The number of hydrogen-bond donors (Lipinski definition) is 0. The van der Waals surface area contributed by atoms with E-state index in [9.17, 15) is 5.26 Å². The Balaban J connectivity index is 3.10. The van der Waals surface area contributed by atoms with E-state index in [0.717, 1.165) is 12.1 Å². The van der Waals surface area contributed by atoms with E-state index in [4.69, 9.17) is 0 Å². The van der Waals surface area contributed by atoms with E-state index in [0.29, 0.717) is 0 Å². The summed E-state index contributed by atoms with van der Waals surface area (Å²) >= 11 is 0. The van der Waals surface area contributed by atoms with Crippen molar-refractivity contribution in [1.82, 2.24) is 4.23 Å². The third-order valence-electron chi connectivity index (χ3n) is 3.09. The Labute approximate surface area is 113 Å². The van der Waals surface area contributed by atoms with E-state index in [2.05, 4.69) is 55.6 Å². The minimum Gasteiger partial charge on any atom is -0.342 e. The minimum absolute atomic E-state index is 0.819. The summed E-state index contributed by atoms with van der Waals surface area (Å²) in [5.74, 6) is 0. The molecule has 0 amide bonds. The molecule has 98 valence electrons. The van der Waals surface area contributed by atoms with Gasteiger partial charge in [0.05, 0.1) is 11.6 Å². The van der Waals surface area contributed by atoms with Crippen LogP contribution in [0.2, 0.25) is 39.3 Å². The lowest BCUT2D eigenvalue weighted by Gasteiger charge is -2.43. The second kappa shape index (κ2) is 5.39. The number of benzene rings is 1. The fourth-order valence-electron chi connectivity index (χ4n) is 2.42. The van der Waals surface area contributed by atoms with E-state index < -0.39 is 16.5 Å². The maximum atomic E-state index is 9.19. The fourth-order valence-corrected chi connectivity index (χ4v) is 11.8. The first-order chi connectivity index (χ1) is 8.16. The number of rotatable bonds is 4. The van der Waals surface area contributed by atoms with Crippen LogP contribution in [0.1, 0.15) is 11.1 Å². The minimum atomic E-state index is -1.35. The molecule has 0 atom stereocenters. The Hall–Kier alpha value is -0.896. The molecule has 0 fully saturated rings. The third-order valence-corrected chi connectivity index (χ3v) is 10.7. The molecule has 0 heterocycles. The van der Waals surface area contributed by atoms with E-state index in [1.807, 2.05) is 18.2 Å². The highest BCUT2D eigenvalue weighted by Gasteiger charge is 2.34. The zero-order chi connectivity index (χ0) is 14.0. The van der Waals surface area contributed by atoms with Crippen LogP contribution in [0.15, 0.2) is 24.3 Å². The van der Waals surface area contributed by atoms with Crippen molar-refractivity contribution in [1.29, 1.82) is 5.26 Å². The van der Waals surface area contributed by atoms with Gasteiger partial charge in [-0.15, -0.1) is 0 Å². The summed E-state index contributed by atoms with van der Waals surface area (Å²) in [7, 11) is -2.71. The first kappa shape index (κ1) is 15.2. The van der Waals surface area contributed by atoms with Gasteiger partial charge in [-0.3, -0.25) is 0 Å². The lowest BCUT2D eigenvalue weighted by molar-refractivity contribution is 0.611. The summed E-state index contributed by atoms with van der Waals surface area (Å²) in [4.78, 5) is 0. The van der Waals surface area contributed by atoms with Gasteiger partial charge in [-0.2, -0.15) is 5.26 Å². The molecule has 0 aliphatic rings. The van der Waals surface area contributed by atoms with Crippen molar-refractivity contribution < 1.29 is 0 Å². The molecular formula is C14H24N2Si2. The van der Waals surface area contributed by atoms with Crippen molar-refractivity contribution in [3.63, 3.8) is 0 Å². The zero-order valence-electron chi connectivity index (χ0n) is 12.4. The standard InChI is InChI=1S/C14H24N2Si2/c1-17(2,3)16(18(4,5)6)12-14-10-8-7-9-13(14)11-15/h7-10H,12H2,1-6H3. The molecule has 1 aromatic carbocycles. The zero-order valence-corrected chi connectivity index (χ0v) is 14.4. The lowest BCUT2D eigenvalue weighted by atomic mass is 10.1. The maximum Gasteiger partial charge on any atom is 0.112 e. The van der Waals surface area contributed by atoms with Crippen molar-refractivity contribution in [3.05, 3.63) is 35.4 Å². The van der Waals surface area contributed by atoms with Crippen molar-refractivity contribution in [2.24, 2.45) is 0 Å². The van der Waals surface area contributed by atoms with Crippen LogP contribution < -0.4 is 0 Å². The molecule has 1 aromatic rings. The molecule has 0 aromatic heterocycles. The molecule has 18 heavy (non-hydrogen) atoms. The average Bonchev–Trinajstić information content (AvgIpc) is 2.23.